The zero-order valence-corrected chi connectivity index (χ0v) is 26.6. The van der Waals surface area contributed by atoms with Gasteiger partial charge in [0.25, 0.3) is 0 Å². The number of carbonyl (C=O) groups is 1. The summed E-state index contributed by atoms with van der Waals surface area (Å²) in [6, 6.07) is 0. The molecule has 0 aliphatic carbocycles. The zero-order valence-electron chi connectivity index (χ0n) is 26.6. The van der Waals surface area contributed by atoms with Gasteiger partial charge in [0.1, 0.15) is 0 Å². The van der Waals surface area contributed by atoms with E-state index in [0.29, 0.717) is 12.2 Å². The Kier molecular flexibility index (Phi) is 30.1. The molecule has 38 heavy (non-hydrogen) atoms. The van der Waals surface area contributed by atoms with Crippen LogP contribution in [0.15, 0.2) is 12.2 Å². The van der Waals surface area contributed by atoms with Crippen LogP contribution in [0, 0.1) is 5.92 Å². The molecular formula is C36H70O2. The average molecular weight is 535 g/mol. The minimum absolute atomic E-state index is 0.250. The molecule has 1 unspecified atom stereocenters. The van der Waals surface area contributed by atoms with Crippen LogP contribution in [-0.2, 0) is 9.53 Å². The molecule has 0 aliphatic rings. The van der Waals surface area contributed by atoms with E-state index in [1.807, 2.05) is 0 Å². The maximum absolute atomic E-state index is 11.3. The molecule has 1 atom stereocenters. The SMILES string of the molecule is C=C(C)C(=O)OCCCCCCCCCCCCCCCCCCCCCCCCCCCCC(C)CC. The predicted octanol–water partition coefficient (Wildman–Crippen LogP) is 12.7. The molecular weight excluding hydrogens is 464 g/mol. The fraction of sp³-hybridized carbons (Fsp3) is 0.917. The Labute approximate surface area is 240 Å². The summed E-state index contributed by atoms with van der Waals surface area (Å²) in [5.41, 5.74) is 0.496. The Hall–Kier alpha value is -0.790. The Balaban J connectivity index is 3.08. The van der Waals surface area contributed by atoms with E-state index in [1.54, 1.807) is 6.92 Å². The second kappa shape index (κ2) is 30.7. The topological polar surface area (TPSA) is 26.3 Å². The van der Waals surface area contributed by atoms with Crippen molar-refractivity contribution in [3.63, 3.8) is 0 Å². The molecule has 0 bridgehead atoms. The third kappa shape index (κ3) is 29.8. The fourth-order valence-corrected chi connectivity index (χ4v) is 5.33. The van der Waals surface area contributed by atoms with E-state index in [9.17, 15) is 4.79 Å². The molecule has 0 spiro atoms. The predicted molar refractivity (Wildman–Crippen MR) is 170 cm³/mol. The quantitative estimate of drug-likeness (QED) is 0.0502. The highest BCUT2D eigenvalue weighted by Crippen LogP contribution is 2.17. The summed E-state index contributed by atoms with van der Waals surface area (Å²) in [5.74, 6) is 0.688. The van der Waals surface area contributed by atoms with Gasteiger partial charge in [-0.05, 0) is 19.3 Å². The summed E-state index contributed by atoms with van der Waals surface area (Å²) in [4.78, 5) is 11.3. The molecule has 0 saturated carbocycles. The van der Waals surface area contributed by atoms with Crippen LogP contribution in [-0.4, -0.2) is 12.6 Å². The monoisotopic (exact) mass is 535 g/mol. The Morgan fingerprint density at radius 3 is 1.05 bits per heavy atom. The van der Waals surface area contributed by atoms with Crippen molar-refractivity contribution in [2.75, 3.05) is 6.61 Å². The summed E-state index contributed by atoms with van der Waals surface area (Å²) in [5, 5.41) is 0. The molecule has 0 aromatic carbocycles. The van der Waals surface area contributed by atoms with Crippen molar-refractivity contribution in [2.24, 2.45) is 5.92 Å². The first-order valence-corrected chi connectivity index (χ1v) is 17.4. The number of hydrogen-bond acceptors (Lipinski definition) is 2. The second-order valence-corrected chi connectivity index (χ2v) is 12.4. The molecule has 0 saturated heterocycles. The van der Waals surface area contributed by atoms with Gasteiger partial charge in [-0.25, -0.2) is 4.79 Å². The molecule has 0 rings (SSSR count). The normalized spacial score (nSPS) is 12.1. The van der Waals surface area contributed by atoms with Gasteiger partial charge in [-0.1, -0.05) is 194 Å². The smallest absolute Gasteiger partial charge is 0.333 e. The first kappa shape index (κ1) is 37.2. The van der Waals surface area contributed by atoms with Crippen LogP contribution in [0.5, 0.6) is 0 Å². The standard InChI is InChI=1S/C36H70O2/c1-5-35(4)32-30-28-26-24-22-20-18-16-14-12-10-8-6-7-9-11-13-15-17-19-21-23-25-27-29-31-33-38-36(37)34(2)3/h35H,2,5-33H2,1,3-4H3. The number of carbonyl (C=O) groups excluding carboxylic acids is 1. The minimum Gasteiger partial charge on any atom is -0.462 e. The molecule has 2 heteroatoms. The van der Waals surface area contributed by atoms with Gasteiger partial charge in [0, 0.05) is 5.57 Å². The number of rotatable bonds is 31. The van der Waals surface area contributed by atoms with Gasteiger partial charge in [0.15, 0.2) is 0 Å². The van der Waals surface area contributed by atoms with Crippen molar-refractivity contribution >= 4 is 5.97 Å². The lowest BCUT2D eigenvalue weighted by Gasteiger charge is -2.07. The molecule has 0 radical (unpaired) electrons. The van der Waals surface area contributed by atoms with E-state index >= 15 is 0 Å². The van der Waals surface area contributed by atoms with Gasteiger partial charge in [0.05, 0.1) is 6.61 Å². The van der Waals surface area contributed by atoms with Crippen LogP contribution in [0.25, 0.3) is 0 Å². The lowest BCUT2D eigenvalue weighted by molar-refractivity contribution is -0.139. The van der Waals surface area contributed by atoms with Crippen molar-refractivity contribution in [1.29, 1.82) is 0 Å². The Morgan fingerprint density at radius 2 is 0.789 bits per heavy atom. The van der Waals surface area contributed by atoms with Gasteiger partial charge in [-0.2, -0.15) is 0 Å². The molecule has 226 valence electrons. The third-order valence-corrected chi connectivity index (χ3v) is 8.37. The van der Waals surface area contributed by atoms with Gasteiger partial charge in [-0.3, -0.25) is 0 Å². The van der Waals surface area contributed by atoms with E-state index in [-0.39, 0.29) is 5.97 Å². The lowest BCUT2D eigenvalue weighted by Crippen LogP contribution is -2.05. The summed E-state index contributed by atoms with van der Waals surface area (Å²) >= 11 is 0. The number of unbranched alkanes of at least 4 members (excludes halogenated alkanes) is 25. The summed E-state index contributed by atoms with van der Waals surface area (Å²) in [6.07, 6.45) is 39.5. The van der Waals surface area contributed by atoms with Crippen LogP contribution >= 0.6 is 0 Å². The van der Waals surface area contributed by atoms with Gasteiger partial charge < -0.3 is 4.74 Å². The highest BCUT2D eigenvalue weighted by atomic mass is 16.5. The van der Waals surface area contributed by atoms with Crippen LogP contribution in [0.2, 0.25) is 0 Å². The van der Waals surface area contributed by atoms with Gasteiger partial charge in [0.2, 0.25) is 0 Å². The van der Waals surface area contributed by atoms with Crippen molar-refractivity contribution in [1.82, 2.24) is 0 Å². The zero-order chi connectivity index (χ0) is 27.9. The first-order chi connectivity index (χ1) is 18.6. The number of ether oxygens (including phenoxy) is 1. The summed E-state index contributed by atoms with van der Waals surface area (Å²) < 4.78 is 5.13. The molecule has 0 heterocycles. The van der Waals surface area contributed by atoms with E-state index in [2.05, 4.69) is 20.4 Å². The van der Waals surface area contributed by atoms with Crippen molar-refractivity contribution in [2.45, 2.75) is 201 Å². The molecule has 0 amide bonds. The van der Waals surface area contributed by atoms with Crippen LogP contribution in [0.3, 0.4) is 0 Å². The molecule has 0 fully saturated rings. The fourth-order valence-electron chi connectivity index (χ4n) is 5.33. The van der Waals surface area contributed by atoms with E-state index in [1.165, 1.54) is 173 Å². The number of esters is 1. The molecule has 2 nitrogen and oxygen atoms in total. The van der Waals surface area contributed by atoms with Crippen molar-refractivity contribution in [3.05, 3.63) is 12.2 Å². The maximum atomic E-state index is 11.3. The summed E-state index contributed by atoms with van der Waals surface area (Å²) in [6.45, 7) is 10.6. The third-order valence-electron chi connectivity index (χ3n) is 8.37. The van der Waals surface area contributed by atoms with Gasteiger partial charge in [-0.15, -0.1) is 0 Å². The van der Waals surface area contributed by atoms with Crippen LogP contribution < -0.4 is 0 Å². The molecule has 0 aromatic heterocycles. The summed E-state index contributed by atoms with van der Waals surface area (Å²) in [7, 11) is 0. The highest BCUT2D eigenvalue weighted by molar-refractivity contribution is 5.86. The van der Waals surface area contributed by atoms with E-state index < -0.39 is 0 Å². The van der Waals surface area contributed by atoms with E-state index in [4.69, 9.17) is 4.74 Å². The molecule has 0 N–H and O–H groups in total. The maximum Gasteiger partial charge on any atom is 0.333 e. The Bertz CT molecular complexity index is 498. The first-order valence-electron chi connectivity index (χ1n) is 17.4. The van der Waals surface area contributed by atoms with Crippen LogP contribution in [0.4, 0.5) is 0 Å². The average Bonchev–Trinajstić information content (AvgIpc) is 2.91. The van der Waals surface area contributed by atoms with Gasteiger partial charge >= 0.3 is 5.97 Å². The number of hydrogen-bond donors (Lipinski definition) is 0. The molecule has 0 aromatic rings. The highest BCUT2D eigenvalue weighted by Gasteiger charge is 2.02. The minimum atomic E-state index is -0.250. The largest absolute Gasteiger partial charge is 0.462 e. The van der Waals surface area contributed by atoms with Crippen molar-refractivity contribution in [3.8, 4) is 0 Å². The lowest BCUT2D eigenvalue weighted by atomic mass is 9.99. The Morgan fingerprint density at radius 1 is 0.526 bits per heavy atom. The van der Waals surface area contributed by atoms with Crippen LogP contribution in [0.1, 0.15) is 201 Å². The van der Waals surface area contributed by atoms with Crippen molar-refractivity contribution < 1.29 is 9.53 Å². The second-order valence-electron chi connectivity index (χ2n) is 12.4. The molecule has 0 aliphatic heterocycles. The van der Waals surface area contributed by atoms with E-state index in [0.717, 1.165) is 12.3 Å².